The Morgan fingerprint density at radius 3 is 2.76 bits per heavy atom. The molecule has 3 aromatic heterocycles. The molecule has 4 aromatic rings. The van der Waals surface area contributed by atoms with Gasteiger partial charge in [-0.25, -0.2) is 9.97 Å². The first kappa shape index (κ1) is 18.4. The zero-order valence-electron chi connectivity index (χ0n) is 16.4. The predicted octanol–water partition coefficient (Wildman–Crippen LogP) is 5.30. The molecule has 0 aliphatic carbocycles. The Morgan fingerprint density at radius 2 is 2.03 bits per heavy atom. The summed E-state index contributed by atoms with van der Waals surface area (Å²) < 4.78 is 3.25. The molecular weight excluding hydrogens is 473 g/mol. The van der Waals surface area contributed by atoms with Crippen LogP contribution in [0.15, 0.2) is 40.6 Å². The quantitative estimate of drug-likeness (QED) is 0.356. The van der Waals surface area contributed by atoms with E-state index in [0.717, 1.165) is 47.3 Å². The fourth-order valence-corrected chi connectivity index (χ4v) is 4.81. The molecule has 1 fully saturated rings. The van der Waals surface area contributed by atoms with Crippen LogP contribution in [-0.2, 0) is 0 Å². The summed E-state index contributed by atoms with van der Waals surface area (Å²) >= 11 is 2.34. The number of nitriles is 1. The molecule has 5 rings (SSSR count). The van der Waals surface area contributed by atoms with Gasteiger partial charge in [0.2, 0.25) is 0 Å². The average Bonchev–Trinajstić information content (AvgIpc) is 3.33. The van der Waals surface area contributed by atoms with Crippen LogP contribution in [0.3, 0.4) is 0 Å². The van der Waals surface area contributed by atoms with Gasteiger partial charge in [0, 0.05) is 36.3 Å². The predicted molar refractivity (Wildman–Crippen MR) is 126 cm³/mol. The van der Waals surface area contributed by atoms with E-state index in [1.165, 1.54) is 14.7 Å². The van der Waals surface area contributed by atoms with Crippen LogP contribution in [0, 0.1) is 31.1 Å². The smallest absolute Gasteiger partial charge is 0.157 e. The largest absolute Gasteiger partial charge is 0.370 e. The minimum atomic E-state index is 0.498. The van der Waals surface area contributed by atoms with E-state index in [2.05, 4.69) is 72.2 Å². The summed E-state index contributed by atoms with van der Waals surface area (Å²) in [5, 5.41) is 10.8. The molecule has 0 amide bonds. The molecule has 1 aromatic carbocycles. The Labute approximate surface area is 182 Å². The first-order valence-electron chi connectivity index (χ1n) is 9.68. The van der Waals surface area contributed by atoms with Gasteiger partial charge in [0.15, 0.2) is 5.65 Å². The number of aromatic nitrogens is 3. The fraction of sp³-hybridized carbons (Fsp3) is 0.261. The molecule has 1 aliphatic rings. The summed E-state index contributed by atoms with van der Waals surface area (Å²) in [5.74, 6) is 0.498. The molecule has 1 atom stereocenters. The zero-order chi connectivity index (χ0) is 20.3. The molecule has 0 spiro atoms. The van der Waals surface area contributed by atoms with Gasteiger partial charge in [-0.15, -0.1) is 0 Å². The normalized spacial score (nSPS) is 16.8. The molecule has 0 radical (unpaired) electrons. The highest BCUT2D eigenvalue weighted by Crippen LogP contribution is 2.35. The summed E-state index contributed by atoms with van der Waals surface area (Å²) in [6, 6.07) is 10.6. The van der Waals surface area contributed by atoms with Crippen LogP contribution in [0.1, 0.15) is 23.1 Å². The molecule has 1 aliphatic heterocycles. The number of hydrogen-bond donors (Lipinski definition) is 0. The minimum absolute atomic E-state index is 0.498. The van der Waals surface area contributed by atoms with Crippen molar-refractivity contribution in [1.82, 2.24) is 14.4 Å². The third-order valence-electron chi connectivity index (χ3n) is 6.05. The molecule has 144 valence electrons. The number of imidazole rings is 1. The molecule has 0 saturated carbocycles. The number of fused-ring (bicyclic) bond motifs is 5. The van der Waals surface area contributed by atoms with Crippen LogP contribution < -0.4 is 4.90 Å². The van der Waals surface area contributed by atoms with Crippen molar-refractivity contribution in [2.75, 3.05) is 18.0 Å². The number of rotatable bonds is 2. The maximum absolute atomic E-state index is 9.85. The summed E-state index contributed by atoms with van der Waals surface area (Å²) in [6.07, 6.45) is 2.97. The Balaban J connectivity index is 1.83. The Kier molecular flexibility index (Phi) is 4.24. The van der Waals surface area contributed by atoms with E-state index >= 15 is 0 Å². The monoisotopic (exact) mass is 493 g/mol. The highest BCUT2D eigenvalue weighted by atomic mass is 127. The maximum Gasteiger partial charge on any atom is 0.157 e. The topological polar surface area (TPSA) is 57.2 Å². The van der Waals surface area contributed by atoms with Crippen LogP contribution in [-0.4, -0.2) is 27.5 Å². The van der Waals surface area contributed by atoms with E-state index in [9.17, 15) is 5.26 Å². The molecule has 5 nitrogen and oxygen atoms in total. The van der Waals surface area contributed by atoms with Crippen molar-refractivity contribution in [2.45, 2.75) is 20.3 Å². The van der Waals surface area contributed by atoms with E-state index in [0.29, 0.717) is 17.1 Å². The van der Waals surface area contributed by atoms with Crippen LogP contribution in [0.2, 0.25) is 0 Å². The van der Waals surface area contributed by atoms with Crippen LogP contribution in [0.4, 0.5) is 5.69 Å². The highest BCUT2D eigenvalue weighted by molar-refractivity contribution is 14.1. The van der Waals surface area contributed by atoms with Crippen molar-refractivity contribution in [3.05, 3.63) is 57.3 Å². The Hall–Kier alpha value is -2.66. The van der Waals surface area contributed by atoms with Gasteiger partial charge in [0.05, 0.1) is 16.6 Å². The summed E-state index contributed by atoms with van der Waals surface area (Å²) in [5.41, 5.74) is 7.50. The second-order valence-corrected chi connectivity index (χ2v) is 9.20. The first-order valence-corrected chi connectivity index (χ1v) is 10.8. The lowest BCUT2D eigenvalue weighted by molar-refractivity contribution is 0.736. The average molecular weight is 493 g/mol. The van der Waals surface area contributed by atoms with Crippen molar-refractivity contribution < 1.29 is 0 Å². The summed E-state index contributed by atoms with van der Waals surface area (Å²) in [6.45, 7) is 10.2. The van der Waals surface area contributed by atoms with E-state index < -0.39 is 0 Å². The van der Waals surface area contributed by atoms with Gasteiger partial charge in [-0.2, -0.15) is 5.26 Å². The SMILES string of the molecule is C=C(I)C1CCN(c2ccnc3c2cc(C#N)c2nc4cc(C)c(C)cc4n23)C1. The number of benzene rings is 1. The van der Waals surface area contributed by atoms with Gasteiger partial charge in [0.1, 0.15) is 11.7 Å². The van der Waals surface area contributed by atoms with Gasteiger partial charge < -0.3 is 4.90 Å². The summed E-state index contributed by atoms with van der Waals surface area (Å²) in [4.78, 5) is 11.9. The number of aryl methyl sites for hydroxylation is 2. The van der Waals surface area contributed by atoms with Gasteiger partial charge in [-0.3, -0.25) is 4.40 Å². The number of halogens is 1. The number of hydrogen-bond acceptors (Lipinski definition) is 4. The van der Waals surface area contributed by atoms with Gasteiger partial charge in [-0.05, 0) is 81.8 Å². The molecule has 1 unspecified atom stereocenters. The molecule has 1 saturated heterocycles. The first-order chi connectivity index (χ1) is 14.0. The summed E-state index contributed by atoms with van der Waals surface area (Å²) in [7, 11) is 0. The van der Waals surface area contributed by atoms with Gasteiger partial charge in [-0.1, -0.05) is 6.58 Å². The van der Waals surface area contributed by atoms with Gasteiger partial charge >= 0.3 is 0 Å². The molecule has 29 heavy (non-hydrogen) atoms. The lowest BCUT2D eigenvalue weighted by Crippen LogP contribution is -2.20. The van der Waals surface area contributed by atoms with E-state index in [4.69, 9.17) is 9.97 Å². The Morgan fingerprint density at radius 1 is 1.24 bits per heavy atom. The molecule has 6 heteroatoms. The van der Waals surface area contributed by atoms with Crippen LogP contribution in [0.5, 0.6) is 0 Å². The fourth-order valence-electron chi connectivity index (χ4n) is 4.30. The van der Waals surface area contributed by atoms with Crippen molar-refractivity contribution in [2.24, 2.45) is 5.92 Å². The lowest BCUT2D eigenvalue weighted by Gasteiger charge is -2.21. The molecular formula is C23H20IN5. The molecule has 0 N–H and O–H groups in total. The Bertz CT molecular complexity index is 1360. The standard InChI is InChI=1S/C23H20IN5/c1-13-8-19-21(9-14(13)2)29-22(27-19)17(11-25)10-18-20(4-6-26-23(18)29)28-7-5-16(12-28)15(3)24/h4,6,8-10,16H,3,5,7,12H2,1-2H3. The maximum atomic E-state index is 9.85. The number of anilines is 1. The number of nitrogens with zero attached hydrogens (tertiary/aromatic N) is 5. The third kappa shape index (κ3) is 2.79. The highest BCUT2D eigenvalue weighted by Gasteiger charge is 2.26. The van der Waals surface area contributed by atoms with E-state index in [1.54, 1.807) is 0 Å². The van der Waals surface area contributed by atoms with Crippen molar-refractivity contribution in [3.63, 3.8) is 0 Å². The third-order valence-corrected chi connectivity index (χ3v) is 6.93. The van der Waals surface area contributed by atoms with Crippen molar-refractivity contribution in [1.29, 1.82) is 5.26 Å². The second-order valence-electron chi connectivity index (χ2n) is 7.81. The van der Waals surface area contributed by atoms with Crippen LogP contribution in [0.25, 0.3) is 27.7 Å². The van der Waals surface area contributed by atoms with E-state index in [-0.39, 0.29) is 0 Å². The minimum Gasteiger partial charge on any atom is -0.370 e. The zero-order valence-corrected chi connectivity index (χ0v) is 18.6. The molecule has 4 heterocycles. The van der Waals surface area contributed by atoms with Gasteiger partial charge in [0.25, 0.3) is 0 Å². The molecule has 0 bridgehead atoms. The van der Waals surface area contributed by atoms with E-state index in [1.807, 2.05) is 16.7 Å². The van der Waals surface area contributed by atoms with Crippen molar-refractivity contribution >= 4 is 56.0 Å². The second kappa shape index (κ2) is 6.70. The van der Waals surface area contributed by atoms with Crippen molar-refractivity contribution in [3.8, 4) is 6.07 Å². The van der Waals surface area contributed by atoms with Crippen LogP contribution >= 0.6 is 22.6 Å². The number of pyridine rings is 2. The lowest BCUT2D eigenvalue weighted by atomic mass is 10.1.